The fraction of sp³-hybridized carbons (Fsp3) is 0.333. The molecule has 0 saturated carbocycles. The third-order valence-electron chi connectivity index (χ3n) is 5.56. The minimum absolute atomic E-state index is 0.102. The van der Waals surface area contributed by atoms with Crippen molar-refractivity contribution >= 4 is 5.78 Å². The van der Waals surface area contributed by atoms with E-state index in [9.17, 15) is 9.59 Å². The molecule has 0 amide bonds. The topological polar surface area (TPSA) is 77.3 Å². The van der Waals surface area contributed by atoms with E-state index in [1.54, 1.807) is 6.20 Å². The molecule has 0 bridgehead atoms. The normalized spacial score (nSPS) is 13.6. The number of pyridine rings is 1. The number of benzene rings is 1. The average molecular weight is 418 g/mol. The molecule has 4 rings (SSSR count). The molecule has 0 atom stereocenters. The van der Waals surface area contributed by atoms with Gasteiger partial charge in [0.1, 0.15) is 18.9 Å². The number of hydrogen-bond acceptors (Lipinski definition) is 6. The summed E-state index contributed by atoms with van der Waals surface area (Å²) in [4.78, 5) is 31.8. The van der Waals surface area contributed by atoms with Crippen molar-refractivity contribution in [2.75, 3.05) is 13.1 Å². The zero-order valence-electron chi connectivity index (χ0n) is 17.9. The van der Waals surface area contributed by atoms with Crippen molar-refractivity contribution in [2.45, 2.75) is 40.0 Å². The molecular weight excluding hydrogens is 392 g/mol. The second kappa shape index (κ2) is 9.22. The van der Waals surface area contributed by atoms with Crippen LogP contribution in [0.5, 0.6) is 5.75 Å². The minimum Gasteiger partial charge on any atom is -0.485 e. The number of carbonyl (C=O) groups excluding carboxylic acids is 1. The van der Waals surface area contributed by atoms with Gasteiger partial charge in [0, 0.05) is 30.9 Å². The highest BCUT2D eigenvalue weighted by molar-refractivity contribution is 5.96. The molecule has 0 fully saturated rings. The fourth-order valence-electron chi connectivity index (χ4n) is 3.64. The third-order valence-corrected chi connectivity index (χ3v) is 5.56. The van der Waals surface area contributed by atoms with Crippen LogP contribution in [-0.4, -0.2) is 38.5 Å². The molecule has 31 heavy (non-hydrogen) atoms. The maximum atomic E-state index is 12.8. The fourth-order valence-corrected chi connectivity index (χ4v) is 3.64. The molecule has 0 N–H and O–H groups in total. The lowest BCUT2D eigenvalue weighted by atomic mass is 9.96. The summed E-state index contributed by atoms with van der Waals surface area (Å²) >= 11 is 0. The molecule has 160 valence electrons. The SMILES string of the molecule is CCN1CCc2ccc(C(=O)Cn3ncc(OCc4ccc(C)cn4)cc3=O)cc2C1. The number of hydrogen-bond donors (Lipinski definition) is 0. The lowest BCUT2D eigenvalue weighted by Gasteiger charge is -2.27. The van der Waals surface area contributed by atoms with Gasteiger partial charge in [-0.1, -0.05) is 25.1 Å². The van der Waals surface area contributed by atoms with E-state index in [4.69, 9.17) is 4.74 Å². The highest BCUT2D eigenvalue weighted by Crippen LogP contribution is 2.20. The second-order valence-corrected chi connectivity index (χ2v) is 7.83. The van der Waals surface area contributed by atoms with Gasteiger partial charge in [0.25, 0.3) is 5.56 Å². The van der Waals surface area contributed by atoms with E-state index in [2.05, 4.69) is 21.9 Å². The number of ketones is 1. The van der Waals surface area contributed by atoms with Gasteiger partial charge < -0.3 is 4.74 Å². The first-order valence-corrected chi connectivity index (χ1v) is 10.5. The van der Waals surface area contributed by atoms with Gasteiger partial charge in [-0.25, -0.2) is 4.68 Å². The molecule has 7 nitrogen and oxygen atoms in total. The maximum Gasteiger partial charge on any atom is 0.270 e. The predicted octanol–water partition coefficient (Wildman–Crippen LogP) is 2.79. The van der Waals surface area contributed by atoms with Crippen LogP contribution >= 0.6 is 0 Å². The standard InChI is InChI=1S/C24H26N4O3/c1-3-27-9-8-18-5-6-19(10-20(18)14-27)23(29)15-28-24(30)11-22(13-26-28)31-16-21-7-4-17(2)12-25-21/h4-7,10-13H,3,8-9,14-16H2,1-2H3. The molecule has 0 radical (unpaired) electrons. The lowest BCUT2D eigenvalue weighted by molar-refractivity contribution is 0.0965. The number of aromatic nitrogens is 3. The van der Waals surface area contributed by atoms with E-state index < -0.39 is 0 Å². The quantitative estimate of drug-likeness (QED) is 0.549. The third kappa shape index (κ3) is 5.06. The molecule has 1 aliphatic rings. The zero-order valence-corrected chi connectivity index (χ0v) is 17.9. The number of ether oxygens (including phenoxy) is 1. The van der Waals surface area contributed by atoms with Crippen LogP contribution in [0, 0.1) is 6.92 Å². The van der Waals surface area contributed by atoms with E-state index in [0.717, 1.165) is 42.0 Å². The molecule has 0 saturated heterocycles. The Hall–Kier alpha value is -3.32. The Bertz CT molecular complexity index is 1140. The maximum absolute atomic E-state index is 12.8. The van der Waals surface area contributed by atoms with E-state index in [1.807, 2.05) is 37.3 Å². The number of carbonyl (C=O) groups is 1. The molecular formula is C24H26N4O3. The summed E-state index contributed by atoms with van der Waals surface area (Å²) in [6.07, 6.45) is 4.22. The summed E-state index contributed by atoms with van der Waals surface area (Å²) < 4.78 is 6.78. The number of aryl methyl sites for hydroxylation is 1. The number of fused-ring (bicyclic) bond motifs is 1. The second-order valence-electron chi connectivity index (χ2n) is 7.83. The molecule has 0 aliphatic carbocycles. The Morgan fingerprint density at radius 2 is 2.00 bits per heavy atom. The first-order valence-electron chi connectivity index (χ1n) is 10.5. The van der Waals surface area contributed by atoms with Crippen molar-refractivity contribution in [1.82, 2.24) is 19.7 Å². The highest BCUT2D eigenvalue weighted by atomic mass is 16.5. The Balaban J connectivity index is 1.41. The molecule has 2 aromatic heterocycles. The van der Waals surface area contributed by atoms with Crippen molar-refractivity contribution in [3.05, 3.63) is 87.1 Å². The van der Waals surface area contributed by atoms with E-state index in [0.29, 0.717) is 11.3 Å². The number of nitrogens with zero attached hydrogens (tertiary/aromatic N) is 4. The number of likely N-dealkylation sites (N-methyl/N-ethyl adjacent to an activating group) is 1. The summed E-state index contributed by atoms with van der Waals surface area (Å²) in [5.41, 5.74) is 4.54. The Kier molecular flexibility index (Phi) is 6.23. The Morgan fingerprint density at radius 3 is 2.74 bits per heavy atom. The van der Waals surface area contributed by atoms with Crippen molar-refractivity contribution in [2.24, 2.45) is 0 Å². The van der Waals surface area contributed by atoms with Crippen molar-refractivity contribution in [3.63, 3.8) is 0 Å². The highest BCUT2D eigenvalue weighted by Gasteiger charge is 2.17. The van der Waals surface area contributed by atoms with Gasteiger partial charge in [-0.15, -0.1) is 0 Å². The van der Waals surface area contributed by atoms with Crippen LogP contribution in [0.25, 0.3) is 0 Å². The first-order chi connectivity index (χ1) is 15.0. The van der Waals surface area contributed by atoms with Gasteiger partial charge in [0.2, 0.25) is 0 Å². The zero-order chi connectivity index (χ0) is 21.8. The minimum atomic E-state index is -0.377. The summed E-state index contributed by atoms with van der Waals surface area (Å²) in [7, 11) is 0. The predicted molar refractivity (Wildman–Crippen MR) is 117 cm³/mol. The summed E-state index contributed by atoms with van der Waals surface area (Å²) in [5.74, 6) is 0.216. The van der Waals surface area contributed by atoms with Crippen LogP contribution in [0.15, 0.2) is 53.6 Å². The van der Waals surface area contributed by atoms with Crippen molar-refractivity contribution in [1.29, 1.82) is 0 Å². The van der Waals surface area contributed by atoms with Gasteiger partial charge >= 0.3 is 0 Å². The average Bonchev–Trinajstić information content (AvgIpc) is 2.79. The van der Waals surface area contributed by atoms with Crippen LogP contribution in [0.4, 0.5) is 0 Å². The molecule has 0 spiro atoms. The largest absolute Gasteiger partial charge is 0.485 e. The summed E-state index contributed by atoms with van der Waals surface area (Å²) in [5, 5.41) is 4.11. The van der Waals surface area contributed by atoms with Crippen LogP contribution in [-0.2, 0) is 26.1 Å². The van der Waals surface area contributed by atoms with E-state index in [-0.39, 0.29) is 24.5 Å². The van der Waals surface area contributed by atoms with Crippen molar-refractivity contribution in [3.8, 4) is 5.75 Å². The van der Waals surface area contributed by atoms with Crippen LogP contribution < -0.4 is 10.3 Å². The van der Waals surface area contributed by atoms with Gasteiger partial charge in [-0.2, -0.15) is 5.10 Å². The summed E-state index contributed by atoms with van der Waals surface area (Å²) in [6, 6.07) is 11.0. The molecule has 1 aromatic carbocycles. The van der Waals surface area contributed by atoms with E-state index >= 15 is 0 Å². The lowest BCUT2D eigenvalue weighted by Crippen LogP contribution is -2.30. The Labute approximate surface area is 181 Å². The number of Topliss-reactive ketones (excluding diaryl/α,β-unsaturated/α-hetero) is 1. The number of rotatable bonds is 7. The van der Waals surface area contributed by atoms with Gasteiger partial charge in [0.05, 0.1) is 11.9 Å². The first kappa shape index (κ1) is 20.9. The van der Waals surface area contributed by atoms with Gasteiger partial charge in [-0.05, 0) is 48.7 Å². The van der Waals surface area contributed by atoms with Crippen molar-refractivity contribution < 1.29 is 9.53 Å². The monoisotopic (exact) mass is 418 g/mol. The Morgan fingerprint density at radius 1 is 1.13 bits per heavy atom. The summed E-state index contributed by atoms with van der Waals surface area (Å²) in [6.45, 7) is 7.14. The molecule has 3 heterocycles. The van der Waals surface area contributed by atoms with E-state index in [1.165, 1.54) is 23.4 Å². The van der Waals surface area contributed by atoms with Gasteiger partial charge in [-0.3, -0.25) is 19.5 Å². The smallest absolute Gasteiger partial charge is 0.270 e. The molecule has 7 heteroatoms. The van der Waals surface area contributed by atoms with Crippen LogP contribution in [0.1, 0.15) is 39.7 Å². The molecule has 1 aliphatic heterocycles. The van der Waals surface area contributed by atoms with Gasteiger partial charge in [0.15, 0.2) is 5.78 Å². The van der Waals surface area contributed by atoms with Crippen LogP contribution in [0.3, 0.4) is 0 Å². The molecule has 0 unspecified atom stereocenters. The molecule has 3 aromatic rings. The van der Waals surface area contributed by atoms with Crippen LogP contribution in [0.2, 0.25) is 0 Å².